The molecule has 1 aliphatic carbocycles. The highest BCUT2D eigenvalue weighted by Gasteiger charge is 2.47. The Bertz CT molecular complexity index is 1640. The average Bonchev–Trinajstić information content (AvgIpc) is 3.58. The first-order valence-corrected chi connectivity index (χ1v) is 19.7. The van der Waals surface area contributed by atoms with Crippen molar-refractivity contribution in [2.24, 2.45) is 17.3 Å². The highest BCUT2D eigenvalue weighted by molar-refractivity contribution is 6.39. The molecule has 1 aliphatic heterocycles. The van der Waals surface area contributed by atoms with Crippen LogP contribution >= 0.6 is 0 Å². The Kier molecular flexibility index (Phi) is 15.4. The average molecular weight is 762 g/mol. The standard InChI is InChI=1S/C41H59N7O7/c1-8-9-15-29(35(50)32(49)20-25(2)3)45-38(52)31-21-28(55-33-17-16-26(4)22-44-33)24-48(31)40(54)36(41(5,6)7)47-39(53)34(27-13-11-10-12-14-27)46-37(51)30-23-42-18-19-43-30/h16-19,22-23,25,27-29,31,34,36H,8-15,20-21,24H2,1-7H3,(H,45,52)(H,46,51)(H,47,53)/t28-,29+,31+,34+,36-/m1/s1. The molecule has 2 aliphatic rings. The number of hydrogen-bond acceptors (Lipinski definition) is 10. The lowest BCUT2D eigenvalue weighted by Crippen LogP contribution is -2.62. The third kappa shape index (κ3) is 12.1. The van der Waals surface area contributed by atoms with E-state index in [1.54, 1.807) is 12.3 Å². The van der Waals surface area contributed by atoms with E-state index in [2.05, 4.69) is 30.9 Å². The molecule has 14 heteroatoms. The van der Waals surface area contributed by atoms with Crippen LogP contribution < -0.4 is 20.7 Å². The Morgan fingerprint density at radius 1 is 0.945 bits per heavy atom. The van der Waals surface area contributed by atoms with Crippen molar-refractivity contribution in [3.63, 3.8) is 0 Å². The monoisotopic (exact) mass is 761 g/mol. The zero-order valence-corrected chi connectivity index (χ0v) is 33.4. The summed E-state index contributed by atoms with van der Waals surface area (Å²) in [7, 11) is 0. The number of aryl methyl sites for hydroxylation is 1. The van der Waals surface area contributed by atoms with E-state index >= 15 is 0 Å². The van der Waals surface area contributed by atoms with Gasteiger partial charge in [-0.2, -0.15) is 0 Å². The second-order valence-electron chi connectivity index (χ2n) is 16.5. The highest BCUT2D eigenvalue weighted by atomic mass is 16.5. The Morgan fingerprint density at radius 3 is 2.27 bits per heavy atom. The molecule has 4 rings (SSSR count). The number of Topliss-reactive ketones (excluding diaryl/α,β-unsaturated/α-hetero) is 2. The molecule has 55 heavy (non-hydrogen) atoms. The smallest absolute Gasteiger partial charge is 0.272 e. The number of nitrogens with zero attached hydrogens (tertiary/aromatic N) is 4. The van der Waals surface area contributed by atoms with E-state index in [0.29, 0.717) is 12.3 Å². The van der Waals surface area contributed by atoms with Gasteiger partial charge in [-0.3, -0.25) is 33.8 Å². The number of amides is 4. The van der Waals surface area contributed by atoms with Crippen molar-refractivity contribution in [1.29, 1.82) is 0 Å². The van der Waals surface area contributed by atoms with Crippen LogP contribution in [0.4, 0.5) is 0 Å². The molecule has 2 aromatic rings. The number of ketones is 2. The van der Waals surface area contributed by atoms with Crippen molar-refractivity contribution in [3.05, 3.63) is 48.2 Å². The summed E-state index contributed by atoms with van der Waals surface area (Å²) in [4.78, 5) is 96.6. The van der Waals surface area contributed by atoms with Gasteiger partial charge in [0.2, 0.25) is 35.2 Å². The van der Waals surface area contributed by atoms with Crippen molar-refractivity contribution < 1.29 is 33.5 Å². The molecule has 1 saturated carbocycles. The summed E-state index contributed by atoms with van der Waals surface area (Å²) >= 11 is 0. The fraction of sp³-hybridized carbons (Fsp3) is 0.634. The van der Waals surface area contributed by atoms with Gasteiger partial charge in [0, 0.05) is 37.5 Å². The Balaban J connectivity index is 1.63. The maximum absolute atomic E-state index is 14.8. The molecule has 0 radical (unpaired) electrons. The number of unbranched alkanes of at least 4 members (excludes halogenated alkanes) is 1. The van der Waals surface area contributed by atoms with Crippen LogP contribution in [0, 0.1) is 24.2 Å². The van der Waals surface area contributed by atoms with Crippen LogP contribution in [0.15, 0.2) is 36.9 Å². The molecule has 0 aromatic carbocycles. The van der Waals surface area contributed by atoms with E-state index in [0.717, 1.165) is 44.1 Å². The van der Waals surface area contributed by atoms with E-state index in [-0.39, 0.29) is 43.3 Å². The molecular weight excluding hydrogens is 702 g/mol. The maximum Gasteiger partial charge on any atom is 0.272 e. The van der Waals surface area contributed by atoms with Crippen LogP contribution in [0.3, 0.4) is 0 Å². The van der Waals surface area contributed by atoms with E-state index in [1.807, 2.05) is 54.5 Å². The quantitative estimate of drug-likeness (QED) is 0.196. The van der Waals surface area contributed by atoms with Crippen LogP contribution in [-0.2, 0) is 24.0 Å². The topological polar surface area (TPSA) is 190 Å². The number of hydrogen-bond donors (Lipinski definition) is 3. The number of likely N-dealkylation sites (tertiary alicyclic amines) is 1. The van der Waals surface area contributed by atoms with Crippen LogP contribution in [0.5, 0.6) is 5.88 Å². The Labute approximate surface area is 324 Å². The molecule has 4 amide bonds. The minimum Gasteiger partial charge on any atom is -0.472 e. The summed E-state index contributed by atoms with van der Waals surface area (Å²) in [6.45, 7) is 13.0. The Morgan fingerprint density at radius 2 is 1.67 bits per heavy atom. The number of nitrogens with one attached hydrogen (secondary N) is 3. The van der Waals surface area contributed by atoms with Gasteiger partial charge in [0.05, 0.1) is 18.8 Å². The molecule has 5 atom stereocenters. The lowest BCUT2D eigenvalue weighted by Gasteiger charge is -2.37. The van der Waals surface area contributed by atoms with E-state index in [9.17, 15) is 28.8 Å². The minimum atomic E-state index is -1.11. The second-order valence-corrected chi connectivity index (χ2v) is 16.5. The summed E-state index contributed by atoms with van der Waals surface area (Å²) in [5.41, 5.74) is 0.173. The molecule has 1 saturated heterocycles. The van der Waals surface area contributed by atoms with Gasteiger partial charge >= 0.3 is 0 Å². The van der Waals surface area contributed by atoms with Crippen LogP contribution in [0.1, 0.15) is 122 Å². The maximum atomic E-state index is 14.8. The van der Waals surface area contributed by atoms with Gasteiger partial charge in [-0.15, -0.1) is 0 Å². The first-order valence-electron chi connectivity index (χ1n) is 19.7. The molecule has 2 fully saturated rings. The molecule has 3 heterocycles. The number of ether oxygens (including phenoxy) is 1. The lowest BCUT2D eigenvalue weighted by molar-refractivity contribution is -0.145. The van der Waals surface area contributed by atoms with E-state index < -0.39 is 70.9 Å². The highest BCUT2D eigenvalue weighted by Crippen LogP contribution is 2.30. The summed E-state index contributed by atoms with van der Waals surface area (Å²) in [6.07, 6.45) is 11.3. The van der Waals surface area contributed by atoms with Crippen molar-refractivity contribution >= 4 is 35.2 Å². The van der Waals surface area contributed by atoms with E-state index in [4.69, 9.17) is 4.74 Å². The first kappa shape index (κ1) is 43.0. The van der Waals surface area contributed by atoms with Gasteiger partial charge < -0.3 is 25.6 Å². The summed E-state index contributed by atoms with van der Waals surface area (Å²) < 4.78 is 6.19. The summed E-state index contributed by atoms with van der Waals surface area (Å²) in [6, 6.07) is -0.611. The molecule has 0 spiro atoms. The van der Waals surface area contributed by atoms with Crippen molar-refractivity contribution in [2.75, 3.05) is 6.54 Å². The summed E-state index contributed by atoms with van der Waals surface area (Å²) in [5, 5.41) is 8.67. The minimum absolute atomic E-state index is 0.00421. The number of aromatic nitrogens is 3. The lowest BCUT2D eigenvalue weighted by atomic mass is 9.82. The molecule has 0 unspecified atom stereocenters. The van der Waals surface area contributed by atoms with E-state index in [1.165, 1.54) is 23.5 Å². The normalized spacial score (nSPS) is 19.2. The van der Waals surface area contributed by atoms with Gasteiger partial charge in [0.15, 0.2) is 0 Å². The number of pyridine rings is 1. The van der Waals surface area contributed by atoms with Gasteiger partial charge in [-0.05, 0) is 49.0 Å². The predicted octanol–water partition coefficient (Wildman–Crippen LogP) is 4.30. The van der Waals surface area contributed by atoms with Crippen molar-refractivity contribution in [1.82, 2.24) is 35.8 Å². The summed E-state index contributed by atoms with van der Waals surface area (Å²) in [5.74, 6) is -3.21. The first-order chi connectivity index (χ1) is 26.1. The molecular formula is C41H59N7O7. The largest absolute Gasteiger partial charge is 0.472 e. The number of carbonyl (C=O) groups excluding carboxylic acids is 6. The zero-order chi connectivity index (χ0) is 40.3. The predicted molar refractivity (Wildman–Crippen MR) is 206 cm³/mol. The molecule has 0 bridgehead atoms. The number of rotatable bonds is 17. The molecule has 14 nitrogen and oxygen atoms in total. The van der Waals surface area contributed by atoms with Gasteiger partial charge in [0.25, 0.3) is 5.91 Å². The SMILES string of the molecule is CCCC[C@H](NC(=O)[C@@H]1C[C@@H](Oc2ccc(C)cn2)CN1C(=O)[C@@H](NC(=O)[C@@H](NC(=O)c1cnccn1)C1CCCCC1)C(C)(C)C)C(=O)C(=O)CC(C)C. The van der Waals surface area contributed by atoms with Crippen LogP contribution in [0.2, 0.25) is 0 Å². The third-order valence-corrected chi connectivity index (χ3v) is 10.3. The fourth-order valence-electron chi connectivity index (χ4n) is 7.22. The second kappa shape index (κ2) is 19.7. The van der Waals surface area contributed by atoms with Gasteiger partial charge in [-0.1, -0.05) is 79.7 Å². The van der Waals surface area contributed by atoms with Gasteiger partial charge in [0.1, 0.15) is 29.9 Å². The number of carbonyl (C=O) groups is 6. The third-order valence-electron chi connectivity index (χ3n) is 10.3. The van der Waals surface area contributed by atoms with Gasteiger partial charge in [-0.25, -0.2) is 9.97 Å². The van der Waals surface area contributed by atoms with Crippen LogP contribution in [0.25, 0.3) is 0 Å². The van der Waals surface area contributed by atoms with Crippen molar-refractivity contribution in [3.8, 4) is 5.88 Å². The zero-order valence-electron chi connectivity index (χ0n) is 33.4. The molecule has 3 N–H and O–H groups in total. The fourth-order valence-corrected chi connectivity index (χ4v) is 7.22. The van der Waals surface area contributed by atoms with Crippen molar-refractivity contribution in [2.45, 2.75) is 143 Å². The Hall–Kier alpha value is -4.75. The molecule has 300 valence electrons. The molecule has 2 aromatic heterocycles. The van der Waals surface area contributed by atoms with Crippen LogP contribution in [-0.4, -0.2) is 91.9 Å².